The Hall–Kier alpha value is -2.12. The van der Waals surface area contributed by atoms with E-state index < -0.39 is 23.4 Å². The fraction of sp³-hybridized carbons (Fsp3) is 0.0667. The van der Waals surface area contributed by atoms with Gasteiger partial charge in [0.15, 0.2) is 0 Å². The number of benzene rings is 2. The molecule has 0 saturated carbocycles. The Kier molecular flexibility index (Phi) is 5.95. The molecule has 0 unspecified atom stereocenters. The molecule has 2 N–H and O–H groups in total. The summed E-state index contributed by atoms with van der Waals surface area (Å²) in [5.74, 6) is -2.97. The Morgan fingerprint density at radius 3 is 2.22 bits per heavy atom. The highest BCUT2D eigenvalue weighted by atomic mass is 35.5. The molecule has 0 aliphatic heterocycles. The summed E-state index contributed by atoms with van der Waals surface area (Å²) in [6.45, 7) is 0. The second-order valence-corrected chi connectivity index (χ2v) is 5.89. The minimum atomic E-state index is -0.875. The molecule has 8 heteroatoms. The standard InChI is InChI=1S/C15H11ClF2N2O2S/c16-10-1-3-13(4-2-10)23-8-14(21)19-20-15(22)9-5-11(17)7-12(18)6-9/h1-7H,8H2,(H,19,21)(H,20,22). The van der Waals surface area contributed by atoms with Crippen molar-refractivity contribution >= 4 is 35.2 Å². The van der Waals surface area contributed by atoms with Gasteiger partial charge >= 0.3 is 0 Å². The third-order valence-corrected chi connectivity index (χ3v) is 3.89. The Bertz CT molecular complexity index is 706. The van der Waals surface area contributed by atoms with Crippen molar-refractivity contribution in [3.8, 4) is 0 Å². The molecule has 0 aliphatic carbocycles. The first-order valence-electron chi connectivity index (χ1n) is 6.37. The van der Waals surface area contributed by atoms with Gasteiger partial charge in [-0.15, -0.1) is 11.8 Å². The first-order chi connectivity index (χ1) is 10.9. The molecule has 0 aliphatic rings. The number of amides is 2. The van der Waals surface area contributed by atoms with E-state index in [2.05, 4.69) is 10.9 Å². The van der Waals surface area contributed by atoms with E-state index in [0.717, 1.165) is 17.0 Å². The molecule has 23 heavy (non-hydrogen) atoms. The molecule has 2 amide bonds. The third kappa shape index (κ3) is 5.54. The van der Waals surface area contributed by atoms with Crippen LogP contribution in [0.25, 0.3) is 0 Å². The number of hydrogen-bond donors (Lipinski definition) is 2. The van der Waals surface area contributed by atoms with Gasteiger partial charge in [0.05, 0.1) is 5.75 Å². The molecule has 0 saturated heterocycles. The van der Waals surface area contributed by atoms with E-state index in [1.165, 1.54) is 11.8 Å². The highest BCUT2D eigenvalue weighted by Gasteiger charge is 2.10. The number of hydrazine groups is 1. The topological polar surface area (TPSA) is 58.2 Å². The largest absolute Gasteiger partial charge is 0.272 e. The minimum Gasteiger partial charge on any atom is -0.272 e. The van der Waals surface area contributed by atoms with Crippen LogP contribution in [0.3, 0.4) is 0 Å². The molecule has 120 valence electrons. The summed E-state index contributed by atoms with van der Waals surface area (Å²) in [4.78, 5) is 24.2. The van der Waals surface area contributed by atoms with Gasteiger partial charge in [-0.25, -0.2) is 8.78 Å². The molecular formula is C15H11ClF2N2O2S. The molecule has 0 atom stereocenters. The number of rotatable bonds is 4. The van der Waals surface area contributed by atoms with E-state index in [-0.39, 0.29) is 11.3 Å². The first-order valence-corrected chi connectivity index (χ1v) is 7.74. The van der Waals surface area contributed by atoms with E-state index in [9.17, 15) is 18.4 Å². The molecule has 2 aromatic rings. The molecule has 0 bridgehead atoms. The quantitative estimate of drug-likeness (QED) is 0.653. The van der Waals surface area contributed by atoms with Crippen LogP contribution in [0, 0.1) is 11.6 Å². The summed E-state index contributed by atoms with van der Waals surface area (Å²) in [5.41, 5.74) is 4.03. The number of nitrogens with one attached hydrogen (secondary N) is 2. The van der Waals surface area contributed by atoms with Gasteiger partial charge in [0, 0.05) is 21.5 Å². The van der Waals surface area contributed by atoms with Gasteiger partial charge in [-0.3, -0.25) is 20.4 Å². The van der Waals surface area contributed by atoms with E-state index in [0.29, 0.717) is 11.1 Å². The van der Waals surface area contributed by atoms with Crippen LogP contribution in [0.15, 0.2) is 47.4 Å². The van der Waals surface area contributed by atoms with E-state index in [1.54, 1.807) is 24.3 Å². The predicted octanol–water partition coefficient (Wildman–Crippen LogP) is 3.17. The van der Waals surface area contributed by atoms with Gasteiger partial charge in [0.1, 0.15) is 11.6 Å². The van der Waals surface area contributed by atoms with Gasteiger partial charge in [-0.1, -0.05) is 11.6 Å². The van der Waals surface area contributed by atoms with E-state index in [1.807, 2.05) is 0 Å². The normalized spacial score (nSPS) is 10.2. The van der Waals surface area contributed by atoms with Crippen molar-refractivity contribution in [2.24, 2.45) is 0 Å². The Balaban J connectivity index is 1.81. The smallest absolute Gasteiger partial charge is 0.269 e. The molecule has 0 heterocycles. The van der Waals surface area contributed by atoms with Crippen molar-refractivity contribution in [1.29, 1.82) is 0 Å². The Morgan fingerprint density at radius 1 is 1.00 bits per heavy atom. The zero-order valence-electron chi connectivity index (χ0n) is 11.6. The maximum Gasteiger partial charge on any atom is 0.269 e. The molecule has 4 nitrogen and oxygen atoms in total. The summed E-state index contributed by atoms with van der Waals surface area (Å²) in [6, 6.07) is 9.30. The lowest BCUT2D eigenvalue weighted by Gasteiger charge is -2.07. The van der Waals surface area contributed by atoms with Gasteiger partial charge in [0.25, 0.3) is 5.91 Å². The molecule has 2 rings (SSSR count). The van der Waals surface area contributed by atoms with Crippen molar-refractivity contribution in [1.82, 2.24) is 10.9 Å². The maximum absolute atomic E-state index is 13.0. The monoisotopic (exact) mass is 356 g/mol. The van der Waals surface area contributed by atoms with E-state index >= 15 is 0 Å². The first kappa shape index (κ1) is 17.2. The predicted molar refractivity (Wildman–Crippen MR) is 84.1 cm³/mol. The van der Waals surface area contributed by atoms with Crippen LogP contribution < -0.4 is 10.9 Å². The van der Waals surface area contributed by atoms with Crippen LogP contribution in [-0.4, -0.2) is 17.6 Å². The fourth-order valence-corrected chi connectivity index (χ4v) is 2.42. The second kappa shape index (κ2) is 7.94. The summed E-state index contributed by atoms with van der Waals surface area (Å²) >= 11 is 7.00. The van der Waals surface area contributed by atoms with Crippen molar-refractivity contribution < 1.29 is 18.4 Å². The van der Waals surface area contributed by atoms with Crippen LogP contribution in [0.1, 0.15) is 10.4 Å². The average molecular weight is 357 g/mol. The van der Waals surface area contributed by atoms with Crippen LogP contribution in [0.4, 0.5) is 8.78 Å². The fourth-order valence-electron chi connectivity index (χ4n) is 1.60. The SMILES string of the molecule is O=C(CSc1ccc(Cl)cc1)NNC(=O)c1cc(F)cc(F)c1. The Labute approximate surface area is 140 Å². The highest BCUT2D eigenvalue weighted by molar-refractivity contribution is 8.00. The van der Waals surface area contributed by atoms with Crippen molar-refractivity contribution in [2.75, 3.05) is 5.75 Å². The van der Waals surface area contributed by atoms with Crippen molar-refractivity contribution in [2.45, 2.75) is 4.90 Å². The van der Waals surface area contributed by atoms with Gasteiger partial charge in [-0.05, 0) is 36.4 Å². The number of hydrogen-bond acceptors (Lipinski definition) is 3. The van der Waals surface area contributed by atoms with E-state index in [4.69, 9.17) is 11.6 Å². The molecule has 2 aromatic carbocycles. The summed E-state index contributed by atoms with van der Waals surface area (Å²) < 4.78 is 26.0. The van der Waals surface area contributed by atoms with Crippen LogP contribution in [0.2, 0.25) is 5.02 Å². The third-order valence-electron chi connectivity index (χ3n) is 2.62. The van der Waals surface area contributed by atoms with Gasteiger partial charge < -0.3 is 0 Å². The van der Waals surface area contributed by atoms with Crippen LogP contribution in [0.5, 0.6) is 0 Å². The second-order valence-electron chi connectivity index (χ2n) is 4.40. The van der Waals surface area contributed by atoms with Crippen LogP contribution >= 0.6 is 23.4 Å². The maximum atomic E-state index is 13.0. The molecule has 0 aromatic heterocycles. The molecular weight excluding hydrogens is 346 g/mol. The number of halogens is 3. The van der Waals surface area contributed by atoms with Gasteiger partial charge in [0.2, 0.25) is 5.91 Å². The zero-order valence-corrected chi connectivity index (χ0v) is 13.2. The summed E-state index contributed by atoms with van der Waals surface area (Å²) in [7, 11) is 0. The molecule has 0 spiro atoms. The lowest BCUT2D eigenvalue weighted by Crippen LogP contribution is -2.42. The lowest BCUT2D eigenvalue weighted by atomic mass is 10.2. The Morgan fingerprint density at radius 2 is 1.61 bits per heavy atom. The van der Waals surface area contributed by atoms with Crippen molar-refractivity contribution in [3.63, 3.8) is 0 Å². The summed E-state index contributed by atoms with van der Waals surface area (Å²) in [5, 5.41) is 0.591. The van der Waals surface area contributed by atoms with Crippen LogP contribution in [-0.2, 0) is 4.79 Å². The van der Waals surface area contributed by atoms with Gasteiger partial charge in [-0.2, -0.15) is 0 Å². The zero-order chi connectivity index (χ0) is 16.8. The lowest BCUT2D eigenvalue weighted by molar-refractivity contribution is -0.119. The van der Waals surface area contributed by atoms with Crippen molar-refractivity contribution in [3.05, 3.63) is 64.7 Å². The average Bonchev–Trinajstić information content (AvgIpc) is 2.51. The number of thioether (sulfide) groups is 1. The summed E-state index contributed by atoms with van der Waals surface area (Å²) in [6.07, 6.45) is 0. The minimum absolute atomic E-state index is 0.0550. The number of carbonyl (C=O) groups excluding carboxylic acids is 2. The molecule has 0 fully saturated rings. The molecule has 0 radical (unpaired) electrons. The highest BCUT2D eigenvalue weighted by Crippen LogP contribution is 2.19. The number of carbonyl (C=O) groups is 2.